The maximum absolute atomic E-state index is 13.2. The van der Waals surface area contributed by atoms with Gasteiger partial charge in [-0.1, -0.05) is 393 Å². The van der Waals surface area contributed by atoms with Crippen LogP contribution < -0.4 is 0 Å². The maximum Gasteiger partial charge on any atom is 0.472 e. The molecule has 0 aromatic rings. The van der Waals surface area contributed by atoms with E-state index in [-0.39, 0.29) is 25.7 Å². The van der Waals surface area contributed by atoms with Crippen molar-refractivity contribution in [3.8, 4) is 0 Å². The Morgan fingerprint density at radius 2 is 0.509 bits per heavy atom. The number of ether oxygens (including phenoxy) is 4. The molecule has 0 fully saturated rings. The van der Waals surface area contributed by atoms with Gasteiger partial charge < -0.3 is 33.8 Å². The quantitative estimate of drug-likeness (QED) is 0.0169. The molecule has 0 heterocycles. The molecule has 0 aromatic carbocycles. The number of allylic oxidation sites excluding steroid dienone is 4. The molecule has 5 atom stereocenters. The number of aliphatic hydroxyl groups is 1. The lowest BCUT2D eigenvalue weighted by atomic mass is 10.0. The molecular formula is C87H166O17P2. The summed E-state index contributed by atoms with van der Waals surface area (Å²) in [6.07, 6.45) is 75.9. The van der Waals surface area contributed by atoms with Gasteiger partial charge in [-0.2, -0.15) is 0 Å². The highest BCUT2D eigenvalue weighted by molar-refractivity contribution is 7.47. The lowest BCUT2D eigenvalue weighted by Crippen LogP contribution is -2.30. The summed E-state index contributed by atoms with van der Waals surface area (Å²) in [6.45, 7) is 7.28. The topological polar surface area (TPSA) is 237 Å². The van der Waals surface area contributed by atoms with Crippen LogP contribution in [0.2, 0.25) is 0 Å². The first-order chi connectivity index (χ1) is 51.5. The van der Waals surface area contributed by atoms with Gasteiger partial charge in [0.1, 0.15) is 19.3 Å². The van der Waals surface area contributed by atoms with Gasteiger partial charge in [0, 0.05) is 25.7 Å². The number of hydrogen-bond donors (Lipinski definition) is 3. The molecular weight excluding hydrogens is 1380 g/mol. The van der Waals surface area contributed by atoms with E-state index >= 15 is 0 Å². The second-order valence-corrected chi connectivity index (χ2v) is 34.0. The number of hydrogen-bond acceptors (Lipinski definition) is 15. The average molecular weight is 1550 g/mol. The minimum absolute atomic E-state index is 0.0852. The van der Waals surface area contributed by atoms with Crippen molar-refractivity contribution in [2.75, 3.05) is 39.6 Å². The molecule has 0 saturated carbocycles. The maximum atomic E-state index is 13.2. The number of carbonyl (C=O) groups excluding carboxylic acids is 4. The van der Waals surface area contributed by atoms with Gasteiger partial charge in [0.05, 0.1) is 26.4 Å². The third kappa shape index (κ3) is 79.6. The van der Waals surface area contributed by atoms with E-state index in [0.717, 1.165) is 109 Å². The molecule has 17 nitrogen and oxygen atoms in total. The zero-order valence-electron chi connectivity index (χ0n) is 69.1. The normalized spacial score (nSPS) is 13.9. The first kappa shape index (κ1) is 104. The van der Waals surface area contributed by atoms with Crippen molar-refractivity contribution in [1.82, 2.24) is 0 Å². The van der Waals surface area contributed by atoms with E-state index in [2.05, 4.69) is 58.9 Å². The molecule has 19 heteroatoms. The number of carbonyl (C=O) groups is 4. The first-order valence-corrected chi connectivity index (χ1v) is 47.4. The highest BCUT2D eigenvalue weighted by Crippen LogP contribution is 2.45. The lowest BCUT2D eigenvalue weighted by Gasteiger charge is -2.21. The van der Waals surface area contributed by atoms with E-state index in [9.17, 15) is 43.2 Å². The third-order valence-corrected chi connectivity index (χ3v) is 21.8. The molecule has 0 bridgehead atoms. The third-order valence-electron chi connectivity index (χ3n) is 19.9. The molecule has 0 aromatic heterocycles. The Balaban J connectivity index is 5.27. The van der Waals surface area contributed by atoms with Crippen molar-refractivity contribution >= 4 is 39.5 Å². The fraction of sp³-hybridized carbons (Fsp3) is 0.908. The molecule has 0 spiro atoms. The van der Waals surface area contributed by atoms with Gasteiger partial charge in [0.15, 0.2) is 12.2 Å². The smallest absolute Gasteiger partial charge is 0.462 e. The molecule has 2 unspecified atom stereocenters. The first-order valence-electron chi connectivity index (χ1n) is 44.5. The molecule has 0 aliphatic rings. The number of rotatable bonds is 85. The average Bonchev–Trinajstić information content (AvgIpc) is 0.924. The van der Waals surface area contributed by atoms with Gasteiger partial charge in [-0.05, 0) is 57.3 Å². The largest absolute Gasteiger partial charge is 0.472 e. The Labute approximate surface area is 650 Å². The van der Waals surface area contributed by atoms with Gasteiger partial charge >= 0.3 is 39.5 Å². The van der Waals surface area contributed by atoms with Crippen molar-refractivity contribution in [2.24, 2.45) is 5.92 Å². The van der Waals surface area contributed by atoms with E-state index < -0.39 is 97.5 Å². The molecule has 0 saturated heterocycles. The Bertz CT molecular complexity index is 2110. The molecule has 3 N–H and O–H groups in total. The summed E-state index contributed by atoms with van der Waals surface area (Å²) in [5.74, 6) is -1.39. The summed E-state index contributed by atoms with van der Waals surface area (Å²) in [5.41, 5.74) is 0. The molecule has 0 aliphatic carbocycles. The van der Waals surface area contributed by atoms with Gasteiger partial charge in [-0.25, -0.2) is 9.13 Å². The summed E-state index contributed by atoms with van der Waals surface area (Å²) in [5, 5.41) is 10.7. The Morgan fingerprint density at radius 1 is 0.292 bits per heavy atom. The van der Waals surface area contributed by atoms with Crippen LogP contribution in [0.1, 0.15) is 446 Å². The molecule has 626 valence electrons. The van der Waals surface area contributed by atoms with Gasteiger partial charge in [-0.3, -0.25) is 37.3 Å². The van der Waals surface area contributed by atoms with Crippen molar-refractivity contribution in [2.45, 2.75) is 464 Å². The second-order valence-electron chi connectivity index (χ2n) is 31.1. The van der Waals surface area contributed by atoms with Crippen molar-refractivity contribution in [3.63, 3.8) is 0 Å². The Kier molecular flexibility index (Phi) is 77.4. The summed E-state index contributed by atoms with van der Waals surface area (Å²) in [7, 11) is -9.94. The predicted octanol–water partition coefficient (Wildman–Crippen LogP) is 26.3. The van der Waals surface area contributed by atoms with Crippen LogP contribution in [0.15, 0.2) is 24.3 Å². The standard InChI is InChI=1S/C87H166O17P2/c1-6-9-12-15-18-21-24-27-30-32-34-35-36-38-41-44-47-52-58-63-68-73-87(92)103-82(76-97-84(89)70-65-60-55-50-45-42-40-37-33-31-28-25-22-19-16-13-10-7-2)78-101-105(93,94)99-74-81(88)75-100-106(95,96)102-79-83(77-98-85(90)71-66-61-56-53-48-49-54-59-64-69-80(4)5)104-86(91)72-67-62-57-51-46-43-39-29-26-23-20-17-14-11-8-3/h23,26,29,39,80-83,88H,6-22,24-25,27-28,30-38,40-79H2,1-5H3,(H,93,94)(H,95,96)/b26-23-,39-29-/t81-,82-,83-/m1/s1. The monoisotopic (exact) mass is 1550 g/mol. The molecule has 0 radical (unpaired) electrons. The zero-order chi connectivity index (χ0) is 77.6. The van der Waals surface area contributed by atoms with Crippen LogP contribution in [-0.2, 0) is 65.4 Å². The summed E-state index contributed by atoms with van der Waals surface area (Å²) < 4.78 is 68.9. The minimum atomic E-state index is -4.97. The van der Waals surface area contributed by atoms with E-state index in [4.69, 9.17) is 37.0 Å². The van der Waals surface area contributed by atoms with Crippen LogP contribution in [0.3, 0.4) is 0 Å². The van der Waals surface area contributed by atoms with Gasteiger partial charge in [0.2, 0.25) is 0 Å². The van der Waals surface area contributed by atoms with E-state index in [1.807, 2.05) is 0 Å². The molecule has 106 heavy (non-hydrogen) atoms. The van der Waals surface area contributed by atoms with Crippen molar-refractivity contribution in [3.05, 3.63) is 24.3 Å². The Hall–Kier alpha value is -2.46. The Morgan fingerprint density at radius 3 is 0.774 bits per heavy atom. The van der Waals surface area contributed by atoms with Crippen LogP contribution in [-0.4, -0.2) is 96.7 Å². The van der Waals surface area contributed by atoms with Crippen LogP contribution >= 0.6 is 15.6 Å². The molecule has 0 amide bonds. The SMILES string of the molecule is CCCCCC/C=C\C=C/CCCCCCCC(=O)O[C@H](COC(=O)CCCCCCCCCCCC(C)C)COP(=O)(O)OC[C@H](O)COP(=O)(O)OC[C@@H](COC(=O)CCCCCCCCCCCCCCCCCCCC)OC(=O)CCCCCCCCCCCCCCCCCCCCCCC. The minimum Gasteiger partial charge on any atom is -0.462 e. The van der Waals surface area contributed by atoms with Gasteiger partial charge in [0.25, 0.3) is 0 Å². The van der Waals surface area contributed by atoms with Gasteiger partial charge in [-0.15, -0.1) is 0 Å². The lowest BCUT2D eigenvalue weighted by molar-refractivity contribution is -0.161. The molecule has 0 rings (SSSR count). The summed E-state index contributed by atoms with van der Waals surface area (Å²) in [4.78, 5) is 73.2. The summed E-state index contributed by atoms with van der Waals surface area (Å²) >= 11 is 0. The zero-order valence-corrected chi connectivity index (χ0v) is 70.9. The molecule has 0 aliphatic heterocycles. The van der Waals surface area contributed by atoms with Crippen LogP contribution in [0.5, 0.6) is 0 Å². The number of esters is 4. The van der Waals surface area contributed by atoms with E-state index in [0.29, 0.717) is 25.7 Å². The second kappa shape index (κ2) is 79.2. The highest BCUT2D eigenvalue weighted by Gasteiger charge is 2.30. The highest BCUT2D eigenvalue weighted by atomic mass is 31.2. The fourth-order valence-electron chi connectivity index (χ4n) is 13.1. The van der Waals surface area contributed by atoms with Crippen LogP contribution in [0.25, 0.3) is 0 Å². The summed E-state index contributed by atoms with van der Waals surface area (Å²) in [6, 6.07) is 0. The number of phosphoric acid groups is 2. The van der Waals surface area contributed by atoms with E-state index in [1.54, 1.807) is 0 Å². The van der Waals surface area contributed by atoms with Crippen LogP contribution in [0.4, 0.5) is 0 Å². The number of aliphatic hydroxyl groups excluding tert-OH is 1. The number of unbranched alkanes of at least 4 members (excludes halogenated alkanes) is 54. The number of phosphoric ester groups is 2. The van der Waals surface area contributed by atoms with Crippen LogP contribution in [0, 0.1) is 5.92 Å². The fourth-order valence-corrected chi connectivity index (χ4v) is 14.7. The van der Waals surface area contributed by atoms with Crippen molar-refractivity contribution in [1.29, 1.82) is 0 Å². The van der Waals surface area contributed by atoms with Crippen molar-refractivity contribution < 1.29 is 80.2 Å². The van der Waals surface area contributed by atoms with E-state index in [1.165, 1.54) is 257 Å². The predicted molar refractivity (Wildman–Crippen MR) is 437 cm³/mol.